The normalized spacial score (nSPS) is 15.0. The number of nitrogens with one attached hydrogen (secondary N) is 1. The second kappa shape index (κ2) is 10.3. The van der Waals surface area contributed by atoms with Crippen molar-refractivity contribution < 1.29 is 9.53 Å². The molecule has 31 heavy (non-hydrogen) atoms. The molecule has 2 aromatic carbocycles. The van der Waals surface area contributed by atoms with Crippen LogP contribution in [0.2, 0.25) is 0 Å². The Morgan fingerprint density at radius 2 is 1.84 bits per heavy atom. The Kier molecular flexibility index (Phi) is 6.99. The summed E-state index contributed by atoms with van der Waals surface area (Å²) in [4.78, 5) is 15.1. The topological polar surface area (TPSA) is 59.4 Å². The number of hydrogen-bond acceptors (Lipinski definition) is 4. The molecule has 3 aromatic rings. The number of carbonyl (C=O) groups is 1. The number of rotatable bonds is 9. The van der Waals surface area contributed by atoms with Gasteiger partial charge in [-0.2, -0.15) is 5.10 Å². The van der Waals surface area contributed by atoms with Crippen LogP contribution in [0.1, 0.15) is 36.4 Å². The number of aryl methyl sites for hydroxylation is 1. The number of aromatic nitrogens is 2. The number of likely N-dealkylation sites (tertiary alicyclic amines) is 1. The van der Waals surface area contributed by atoms with Gasteiger partial charge in [-0.1, -0.05) is 36.4 Å². The highest BCUT2D eigenvalue weighted by Gasteiger charge is 2.26. The third kappa shape index (κ3) is 5.33. The lowest BCUT2D eigenvalue weighted by molar-refractivity contribution is -0.121. The van der Waals surface area contributed by atoms with Gasteiger partial charge < -0.3 is 10.1 Å². The summed E-state index contributed by atoms with van der Waals surface area (Å²) in [6, 6.07) is 18.2. The Morgan fingerprint density at radius 3 is 2.61 bits per heavy atom. The molecule has 1 amide bonds. The van der Waals surface area contributed by atoms with Gasteiger partial charge in [0.05, 0.1) is 25.0 Å². The van der Waals surface area contributed by atoms with Crippen molar-refractivity contribution in [3.63, 3.8) is 0 Å². The second-order valence-electron chi connectivity index (χ2n) is 7.93. The summed E-state index contributed by atoms with van der Waals surface area (Å²) in [5, 5.41) is 7.57. The van der Waals surface area contributed by atoms with Crippen molar-refractivity contribution in [2.24, 2.45) is 0 Å². The number of carbonyl (C=O) groups excluding carboxylic acids is 1. The van der Waals surface area contributed by atoms with E-state index in [1.807, 2.05) is 65.6 Å². The van der Waals surface area contributed by atoms with E-state index >= 15 is 0 Å². The summed E-state index contributed by atoms with van der Waals surface area (Å²) >= 11 is 0. The maximum Gasteiger partial charge on any atom is 0.220 e. The van der Waals surface area contributed by atoms with Crippen LogP contribution < -0.4 is 10.1 Å². The van der Waals surface area contributed by atoms with Crippen molar-refractivity contribution in [2.75, 3.05) is 26.7 Å². The zero-order valence-corrected chi connectivity index (χ0v) is 18.0. The summed E-state index contributed by atoms with van der Waals surface area (Å²) < 4.78 is 7.43. The molecule has 0 radical (unpaired) electrons. The summed E-state index contributed by atoms with van der Waals surface area (Å²) in [5.74, 6) is 0.938. The highest BCUT2D eigenvalue weighted by atomic mass is 16.5. The minimum absolute atomic E-state index is 0.0616. The van der Waals surface area contributed by atoms with Gasteiger partial charge in [0.15, 0.2) is 0 Å². The monoisotopic (exact) mass is 418 g/mol. The first-order chi connectivity index (χ1) is 15.2. The number of hydrogen-bond donors (Lipinski definition) is 1. The van der Waals surface area contributed by atoms with Crippen LogP contribution in [0.4, 0.5) is 0 Å². The van der Waals surface area contributed by atoms with Gasteiger partial charge in [0.2, 0.25) is 5.91 Å². The van der Waals surface area contributed by atoms with Gasteiger partial charge in [0.1, 0.15) is 5.75 Å². The molecule has 1 fully saturated rings. The van der Waals surface area contributed by atoms with Crippen LogP contribution in [-0.2, 0) is 11.2 Å². The van der Waals surface area contributed by atoms with Gasteiger partial charge in [0.25, 0.3) is 0 Å². The molecule has 2 heterocycles. The smallest absolute Gasteiger partial charge is 0.220 e. The summed E-state index contributed by atoms with van der Waals surface area (Å²) in [6.07, 6.45) is 7.34. The van der Waals surface area contributed by atoms with E-state index in [-0.39, 0.29) is 11.9 Å². The first kappa shape index (κ1) is 21.1. The number of ether oxygens (including phenoxy) is 1. The molecular weight excluding hydrogens is 388 g/mol. The maximum absolute atomic E-state index is 12.6. The molecule has 1 aliphatic heterocycles. The average molecular weight is 419 g/mol. The SMILES string of the molecule is COc1ccccc1C(CNC(=O)CCc1cnn(-c2ccccc2)c1)N1CCCC1. The quantitative estimate of drug-likeness (QED) is 0.575. The second-order valence-corrected chi connectivity index (χ2v) is 7.93. The molecule has 0 spiro atoms. The number of amides is 1. The molecule has 1 aliphatic rings. The van der Waals surface area contributed by atoms with Crippen LogP contribution in [0, 0.1) is 0 Å². The van der Waals surface area contributed by atoms with Gasteiger partial charge in [-0.05, 0) is 56.1 Å². The Labute approximate surface area is 183 Å². The molecule has 4 rings (SSSR count). The van der Waals surface area contributed by atoms with Crippen molar-refractivity contribution in [3.05, 3.63) is 78.1 Å². The van der Waals surface area contributed by atoms with E-state index in [1.54, 1.807) is 7.11 Å². The van der Waals surface area contributed by atoms with Crippen molar-refractivity contribution in [2.45, 2.75) is 31.7 Å². The van der Waals surface area contributed by atoms with Crippen LogP contribution in [0.3, 0.4) is 0 Å². The van der Waals surface area contributed by atoms with Crippen molar-refractivity contribution in [3.8, 4) is 11.4 Å². The van der Waals surface area contributed by atoms with Gasteiger partial charge in [-0.15, -0.1) is 0 Å². The summed E-state index contributed by atoms with van der Waals surface area (Å²) in [7, 11) is 1.70. The Bertz CT molecular complexity index is 980. The lowest BCUT2D eigenvalue weighted by atomic mass is 10.0. The number of para-hydroxylation sites is 2. The van der Waals surface area contributed by atoms with Gasteiger partial charge in [-0.3, -0.25) is 9.69 Å². The predicted molar refractivity (Wildman–Crippen MR) is 121 cm³/mol. The standard InChI is InChI=1S/C25H30N4O2/c1-31-24-12-6-5-11-22(24)23(28-15-7-8-16-28)18-26-25(30)14-13-20-17-27-29(19-20)21-9-3-2-4-10-21/h2-6,9-12,17,19,23H,7-8,13-16,18H2,1H3,(H,26,30). The van der Waals surface area contributed by atoms with Crippen LogP contribution >= 0.6 is 0 Å². The summed E-state index contributed by atoms with van der Waals surface area (Å²) in [5.41, 5.74) is 3.21. The molecule has 1 aromatic heterocycles. The zero-order chi connectivity index (χ0) is 21.5. The van der Waals surface area contributed by atoms with Crippen LogP contribution in [-0.4, -0.2) is 47.3 Å². The molecule has 1 saturated heterocycles. The fraction of sp³-hybridized carbons (Fsp3) is 0.360. The molecule has 6 heteroatoms. The molecule has 6 nitrogen and oxygen atoms in total. The molecule has 162 valence electrons. The van der Waals surface area contributed by atoms with E-state index in [1.165, 1.54) is 12.8 Å². The Hall–Kier alpha value is -3.12. The molecule has 0 bridgehead atoms. The largest absolute Gasteiger partial charge is 0.496 e. The fourth-order valence-electron chi connectivity index (χ4n) is 4.20. The first-order valence-electron chi connectivity index (χ1n) is 11.0. The maximum atomic E-state index is 12.6. The lowest BCUT2D eigenvalue weighted by Gasteiger charge is -2.29. The van der Waals surface area contributed by atoms with E-state index in [9.17, 15) is 4.79 Å². The molecule has 0 aliphatic carbocycles. The van der Waals surface area contributed by atoms with Gasteiger partial charge >= 0.3 is 0 Å². The third-order valence-corrected chi connectivity index (χ3v) is 5.87. The zero-order valence-electron chi connectivity index (χ0n) is 18.0. The predicted octanol–water partition coefficient (Wildman–Crippen LogP) is 3.77. The Balaban J connectivity index is 1.34. The molecule has 1 unspecified atom stereocenters. The van der Waals surface area contributed by atoms with E-state index < -0.39 is 0 Å². The number of nitrogens with zero attached hydrogens (tertiary/aromatic N) is 3. The van der Waals surface area contributed by atoms with Crippen LogP contribution in [0.15, 0.2) is 67.0 Å². The van der Waals surface area contributed by atoms with E-state index in [4.69, 9.17) is 4.74 Å². The van der Waals surface area contributed by atoms with Crippen LogP contribution in [0.25, 0.3) is 5.69 Å². The van der Waals surface area contributed by atoms with E-state index in [2.05, 4.69) is 21.4 Å². The van der Waals surface area contributed by atoms with E-state index in [0.29, 0.717) is 19.4 Å². The molecule has 0 saturated carbocycles. The molecule has 1 atom stereocenters. The van der Waals surface area contributed by atoms with Crippen LogP contribution in [0.5, 0.6) is 5.75 Å². The van der Waals surface area contributed by atoms with Gasteiger partial charge in [-0.25, -0.2) is 4.68 Å². The lowest BCUT2D eigenvalue weighted by Crippen LogP contribution is -2.37. The van der Waals surface area contributed by atoms with Crippen molar-refractivity contribution >= 4 is 5.91 Å². The fourth-order valence-corrected chi connectivity index (χ4v) is 4.20. The highest BCUT2D eigenvalue weighted by Crippen LogP contribution is 2.31. The number of methoxy groups -OCH3 is 1. The minimum Gasteiger partial charge on any atom is -0.496 e. The van der Waals surface area contributed by atoms with Crippen molar-refractivity contribution in [1.82, 2.24) is 20.0 Å². The van der Waals surface area contributed by atoms with E-state index in [0.717, 1.165) is 35.7 Å². The van der Waals surface area contributed by atoms with Gasteiger partial charge in [0, 0.05) is 24.7 Å². The summed E-state index contributed by atoms with van der Waals surface area (Å²) in [6.45, 7) is 2.69. The first-order valence-corrected chi connectivity index (χ1v) is 11.0. The highest BCUT2D eigenvalue weighted by molar-refractivity contribution is 5.76. The average Bonchev–Trinajstić information content (AvgIpc) is 3.51. The Morgan fingerprint density at radius 1 is 1.10 bits per heavy atom. The molecular formula is C25H30N4O2. The minimum atomic E-state index is 0.0616. The molecule has 1 N–H and O–H groups in total. The third-order valence-electron chi connectivity index (χ3n) is 5.87. The van der Waals surface area contributed by atoms with Crippen molar-refractivity contribution in [1.29, 1.82) is 0 Å². The number of benzene rings is 2.